The third-order valence-electron chi connectivity index (χ3n) is 6.34. The Kier molecular flexibility index (Phi) is 8.97. The molecule has 0 spiro atoms. The molecule has 0 saturated heterocycles. The third-order valence-corrected chi connectivity index (χ3v) is 7.83. The van der Waals surface area contributed by atoms with Crippen LogP contribution < -0.4 is 14.2 Å². The molecular weight excluding hydrogens is 548 g/mol. The van der Waals surface area contributed by atoms with E-state index < -0.39 is 28.0 Å². The van der Waals surface area contributed by atoms with Crippen LogP contribution in [0.15, 0.2) is 77.8 Å². The number of aliphatic carboxylic acids is 1. The number of ether oxygens (including phenoxy) is 2. The number of carboxylic acid groups (broad SMARTS) is 2. The molecule has 1 atom stereocenters. The molecule has 10 nitrogen and oxygen atoms in total. The number of carboxylic acids is 2. The highest BCUT2D eigenvalue weighted by Gasteiger charge is 2.27. The number of nitrogens with one attached hydrogen (secondary N) is 1. The molecule has 0 fully saturated rings. The lowest BCUT2D eigenvalue weighted by Crippen LogP contribution is -2.42. The molecule has 4 rings (SSSR count). The van der Waals surface area contributed by atoms with Crippen LogP contribution in [0.3, 0.4) is 0 Å². The number of sulfonamides is 1. The Morgan fingerprint density at radius 2 is 1.78 bits per heavy atom. The van der Waals surface area contributed by atoms with Crippen LogP contribution in [0.4, 0.5) is 0 Å². The molecule has 3 N–H and O–H groups in total. The molecule has 11 heteroatoms. The van der Waals surface area contributed by atoms with Crippen LogP contribution in [0, 0.1) is 11.8 Å². The first-order valence-electron chi connectivity index (χ1n) is 12.5. The van der Waals surface area contributed by atoms with Crippen molar-refractivity contribution in [2.45, 2.75) is 30.8 Å². The summed E-state index contributed by atoms with van der Waals surface area (Å²) in [5, 5.41) is 20.0. The summed E-state index contributed by atoms with van der Waals surface area (Å²) in [5.74, 6) is 4.00. The zero-order chi connectivity index (χ0) is 29.6. The van der Waals surface area contributed by atoms with Crippen LogP contribution in [-0.2, 0) is 27.8 Å². The first-order valence-corrected chi connectivity index (χ1v) is 13.9. The van der Waals surface area contributed by atoms with Crippen LogP contribution in [0.1, 0.15) is 28.4 Å². The van der Waals surface area contributed by atoms with Crippen molar-refractivity contribution < 1.29 is 37.7 Å². The Hall–Kier alpha value is -4.79. The smallest absolute Gasteiger partial charge is 0.335 e. The molecule has 1 aromatic heterocycles. The molecule has 4 aromatic rings. The van der Waals surface area contributed by atoms with Gasteiger partial charge in [-0.05, 0) is 72.6 Å². The second-order valence-corrected chi connectivity index (χ2v) is 10.8. The summed E-state index contributed by atoms with van der Waals surface area (Å²) in [6, 6.07) is 16.0. The van der Waals surface area contributed by atoms with E-state index in [4.69, 9.17) is 9.47 Å². The average molecular weight is 577 g/mol. The van der Waals surface area contributed by atoms with Gasteiger partial charge in [0.15, 0.2) is 0 Å². The fraction of sp³-hybridized carbons (Fsp3) is 0.200. The maximum Gasteiger partial charge on any atom is 0.335 e. The molecule has 0 aliphatic rings. The summed E-state index contributed by atoms with van der Waals surface area (Å²) >= 11 is 0. The number of aromatic carboxylic acids is 1. The number of carbonyl (C=O) groups is 2. The number of aromatic nitrogens is 1. The Morgan fingerprint density at radius 1 is 1.02 bits per heavy atom. The maximum absolute atomic E-state index is 13.1. The van der Waals surface area contributed by atoms with Crippen LogP contribution in [0.5, 0.6) is 11.5 Å². The standard InChI is InChI=1S/C30H28N2O8S/c1-3-4-14-40-23-9-11-25(12-10-23)41(37,38)31-27(30(35)36)17-22-19-32(18-20-6-5-7-24(15-20)39-2)28-13-8-21(29(33)34)16-26(22)28/h5-13,15-16,19,27,31H,14,17-18H2,1-2H3,(H,33,34)(H,35,36). The van der Waals surface area contributed by atoms with Gasteiger partial charge in [-0.2, -0.15) is 4.72 Å². The number of nitrogens with zero attached hydrogens (tertiary/aromatic N) is 1. The normalized spacial score (nSPS) is 11.9. The molecule has 0 aliphatic carbocycles. The molecule has 0 amide bonds. The Bertz CT molecular complexity index is 1750. The number of fused-ring (bicyclic) bond motifs is 1. The largest absolute Gasteiger partial charge is 0.497 e. The molecule has 212 valence electrons. The summed E-state index contributed by atoms with van der Waals surface area (Å²) in [6.07, 6.45) is 1.49. The molecule has 1 unspecified atom stereocenters. The van der Waals surface area contributed by atoms with Crippen molar-refractivity contribution in [2.75, 3.05) is 13.7 Å². The first kappa shape index (κ1) is 29.2. The molecule has 0 bridgehead atoms. The second kappa shape index (κ2) is 12.6. The van der Waals surface area contributed by atoms with Crippen molar-refractivity contribution in [3.05, 3.63) is 89.6 Å². The topological polar surface area (TPSA) is 144 Å². The minimum Gasteiger partial charge on any atom is -0.497 e. The van der Waals surface area contributed by atoms with E-state index in [0.717, 1.165) is 5.56 Å². The van der Waals surface area contributed by atoms with E-state index >= 15 is 0 Å². The number of hydrogen-bond acceptors (Lipinski definition) is 6. The highest BCUT2D eigenvalue weighted by Crippen LogP contribution is 2.27. The fourth-order valence-corrected chi connectivity index (χ4v) is 5.52. The van der Waals surface area contributed by atoms with Gasteiger partial charge in [0, 0.05) is 30.1 Å². The van der Waals surface area contributed by atoms with Crippen LogP contribution in [-0.4, -0.2) is 54.9 Å². The van der Waals surface area contributed by atoms with Gasteiger partial charge in [0.25, 0.3) is 0 Å². The van der Waals surface area contributed by atoms with Crippen molar-refractivity contribution in [1.29, 1.82) is 0 Å². The third kappa shape index (κ3) is 7.05. The van der Waals surface area contributed by atoms with E-state index in [-0.39, 0.29) is 23.5 Å². The zero-order valence-corrected chi connectivity index (χ0v) is 23.1. The quantitative estimate of drug-likeness (QED) is 0.216. The van der Waals surface area contributed by atoms with Gasteiger partial charge >= 0.3 is 11.9 Å². The minimum atomic E-state index is -4.22. The van der Waals surface area contributed by atoms with Gasteiger partial charge in [-0.25, -0.2) is 13.2 Å². The monoisotopic (exact) mass is 576 g/mol. The van der Waals surface area contributed by atoms with Gasteiger partial charge in [0.1, 0.15) is 24.1 Å². The molecule has 0 saturated carbocycles. The lowest BCUT2D eigenvalue weighted by atomic mass is 10.0. The molecule has 0 aliphatic heterocycles. The molecular formula is C30H28N2O8S. The van der Waals surface area contributed by atoms with Gasteiger partial charge in [-0.15, -0.1) is 5.92 Å². The fourth-order valence-electron chi connectivity index (χ4n) is 4.33. The summed E-state index contributed by atoms with van der Waals surface area (Å²) in [5.41, 5.74) is 2.07. The lowest BCUT2D eigenvalue weighted by molar-refractivity contribution is -0.138. The lowest BCUT2D eigenvalue weighted by Gasteiger charge is -2.15. The second-order valence-electron chi connectivity index (χ2n) is 9.07. The molecule has 3 aromatic carbocycles. The van der Waals surface area contributed by atoms with E-state index in [0.29, 0.717) is 34.5 Å². The summed E-state index contributed by atoms with van der Waals surface area (Å²) in [4.78, 5) is 23.8. The molecule has 0 radical (unpaired) electrons. The Labute approximate surface area is 237 Å². The van der Waals surface area contributed by atoms with Crippen molar-refractivity contribution in [1.82, 2.24) is 9.29 Å². The molecule has 41 heavy (non-hydrogen) atoms. The van der Waals surface area contributed by atoms with E-state index in [2.05, 4.69) is 16.6 Å². The number of benzene rings is 3. The SMILES string of the molecule is CC#CCOc1ccc(S(=O)(=O)NC(Cc2cn(Cc3cccc(OC)c3)c3ccc(C(=O)O)cc23)C(=O)O)cc1. The average Bonchev–Trinajstić information content (AvgIpc) is 3.29. The van der Waals surface area contributed by atoms with Crippen LogP contribution in [0.25, 0.3) is 10.9 Å². The van der Waals surface area contributed by atoms with Gasteiger partial charge in [-0.3, -0.25) is 4.79 Å². The highest BCUT2D eigenvalue weighted by molar-refractivity contribution is 7.89. The Morgan fingerprint density at radius 3 is 2.44 bits per heavy atom. The Balaban J connectivity index is 1.64. The van der Waals surface area contributed by atoms with Gasteiger partial charge in [0.05, 0.1) is 17.6 Å². The summed E-state index contributed by atoms with van der Waals surface area (Å²) < 4.78 is 41.0. The van der Waals surface area contributed by atoms with Crippen molar-refractivity contribution in [3.8, 4) is 23.3 Å². The maximum atomic E-state index is 13.1. The van der Waals surface area contributed by atoms with E-state index in [1.165, 1.54) is 36.4 Å². The van der Waals surface area contributed by atoms with Crippen molar-refractivity contribution in [3.63, 3.8) is 0 Å². The zero-order valence-electron chi connectivity index (χ0n) is 22.3. The number of rotatable bonds is 12. The predicted molar refractivity (Wildman–Crippen MR) is 152 cm³/mol. The predicted octanol–water partition coefficient (Wildman–Crippen LogP) is 3.77. The number of hydrogen-bond donors (Lipinski definition) is 3. The van der Waals surface area contributed by atoms with E-state index in [1.54, 1.807) is 26.3 Å². The highest BCUT2D eigenvalue weighted by atomic mass is 32.2. The van der Waals surface area contributed by atoms with Crippen molar-refractivity contribution in [2.24, 2.45) is 0 Å². The molecule has 1 heterocycles. The van der Waals surface area contributed by atoms with Crippen molar-refractivity contribution >= 4 is 32.9 Å². The van der Waals surface area contributed by atoms with Gasteiger partial charge in [-0.1, -0.05) is 18.1 Å². The van der Waals surface area contributed by atoms with E-state index in [9.17, 15) is 28.2 Å². The van der Waals surface area contributed by atoms with E-state index in [1.807, 2.05) is 28.8 Å². The van der Waals surface area contributed by atoms with Gasteiger partial charge < -0.3 is 24.3 Å². The van der Waals surface area contributed by atoms with Crippen LogP contribution >= 0.6 is 0 Å². The van der Waals surface area contributed by atoms with Gasteiger partial charge in [0.2, 0.25) is 10.0 Å². The summed E-state index contributed by atoms with van der Waals surface area (Å²) in [6.45, 7) is 2.21. The summed E-state index contributed by atoms with van der Waals surface area (Å²) in [7, 11) is -2.66. The van der Waals surface area contributed by atoms with Crippen LogP contribution in [0.2, 0.25) is 0 Å². The number of methoxy groups -OCH3 is 1. The minimum absolute atomic E-state index is 0.0255. The first-order chi connectivity index (χ1) is 19.6.